The third-order valence-electron chi connectivity index (χ3n) is 5.63. The summed E-state index contributed by atoms with van der Waals surface area (Å²) in [6, 6.07) is 15.3. The summed E-state index contributed by atoms with van der Waals surface area (Å²) in [4.78, 5) is 2.56. The van der Waals surface area contributed by atoms with Gasteiger partial charge in [-0.25, -0.2) is 0 Å². The molecule has 1 aliphatic rings. The first-order chi connectivity index (χ1) is 12.3. The van der Waals surface area contributed by atoms with Crippen LogP contribution in [0.2, 0.25) is 0 Å². The SMILES string of the molecule is CCN1CC[C@H](c2c3cc(OC)ccc3n3sc4ccccc4c23)C1. The van der Waals surface area contributed by atoms with Crippen LogP contribution in [0.5, 0.6) is 5.75 Å². The van der Waals surface area contributed by atoms with Crippen LogP contribution >= 0.6 is 11.5 Å². The number of aromatic nitrogens is 1. The Bertz CT molecular complexity index is 1080. The summed E-state index contributed by atoms with van der Waals surface area (Å²) in [5, 5.41) is 2.74. The molecule has 4 heteroatoms. The number of methoxy groups -OCH3 is 1. The molecule has 0 saturated carbocycles. The molecule has 0 amide bonds. The van der Waals surface area contributed by atoms with Gasteiger partial charge in [-0.1, -0.05) is 36.7 Å². The minimum Gasteiger partial charge on any atom is -0.497 e. The third kappa shape index (κ3) is 2.21. The number of ether oxygens (including phenoxy) is 1. The first kappa shape index (κ1) is 15.2. The summed E-state index contributed by atoms with van der Waals surface area (Å²) in [7, 11) is 1.75. The highest BCUT2D eigenvalue weighted by molar-refractivity contribution is 7.14. The van der Waals surface area contributed by atoms with Crippen LogP contribution in [0.1, 0.15) is 24.8 Å². The predicted molar refractivity (Wildman–Crippen MR) is 106 cm³/mol. The molecule has 0 N–H and O–H groups in total. The Hall–Kier alpha value is -2.04. The Kier molecular flexibility index (Phi) is 3.50. The molecule has 1 fully saturated rings. The van der Waals surface area contributed by atoms with E-state index in [1.54, 1.807) is 7.11 Å². The van der Waals surface area contributed by atoms with Crippen LogP contribution in [-0.2, 0) is 0 Å². The van der Waals surface area contributed by atoms with Crippen molar-refractivity contribution < 1.29 is 4.74 Å². The van der Waals surface area contributed by atoms with E-state index in [1.165, 1.54) is 45.0 Å². The van der Waals surface area contributed by atoms with Gasteiger partial charge < -0.3 is 9.64 Å². The van der Waals surface area contributed by atoms with E-state index in [-0.39, 0.29) is 0 Å². The van der Waals surface area contributed by atoms with Gasteiger partial charge in [-0.2, -0.15) is 0 Å². The minimum absolute atomic E-state index is 0.595. The lowest BCUT2D eigenvalue weighted by Crippen LogP contribution is -2.19. The second-order valence-corrected chi connectivity index (χ2v) is 7.89. The number of fused-ring (bicyclic) bond motifs is 5. The summed E-state index contributed by atoms with van der Waals surface area (Å²) >= 11 is 1.85. The quantitative estimate of drug-likeness (QED) is 0.510. The van der Waals surface area contributed by atoms with Crippen LogP contribution in [0.15, 0.2) is 42.5 Å². The molecule has 4 aromatic rings. The van der Waals surface area contributed by atoms with Crippen LogP contribution < -0.4 is 4.74 Å². The van der Waals surface area contributed by atoms with Gasteiger partial charge in [-0.3, -0.25) is 3.79 Å². The highest BCUT2D eigenvalue weighted by Crippen LogP contribution is 2.43. The molecule has 2 aromatic carbocycles. The van der Waals surface area contributed by atoms with Crippen molar-refractivity contribution >= 4 is 38.0 Å². The second-order valence-electron chi connectivity index (χ2n) is 6.91. The van der Waals surface area contributed by atoms with Gasteiger partial charge in [0.2, 0.25) is 0 Å². The van der Waals surface area contributed by atoms with Gasteiger partial charge in [0.1, 0.15) is 5.75 Å². The number of hydrogen-bond acceptors (Lipinski definition) is 3. The van der Waals surface area contributed by atoms with Crippen LogP contribution in [0.3, 0.4) is 0 Å². The van der Waals surface area contributed by atoms with E-state index in [2.05, 4.69) is 58.1 Å². The smallest absolute Gasteiger partial charge is 0.119 e. The number of likely N-dealkylation sites (tertiary alicyclic amines) is 1. The summed E-state index contributed by atoms with van der Waals surface area (Å²) < 4.78 is 9.32. The van der Waals surface area contributed by atoms with Crippen LogP contribution in [0.25, 0.3) is 26.5 Å². The van der Waals surface area contributed by atoms with Crippen molar-refractivity contribution in [2.75, 3.05) is 26.7 Å². The van der Waals surface area contributed by atoms with E-state index in [0.717, 1.165) is 18.8 Å². The zero-order chi connectivity index (χ0) is 17.0. The zero-order valence-electron chi connectivity index (χ0n) is 14.7. The van der Waals surface area contributed by atoms with E-state index in [4.69, 9.17) is 4.74 Å². The number of rotatable bonds is 3. The van der Waals surface area contributed by atoms with Crippen LogP contribution in [0, 0.1) is 0 Å². The monoisotopic (exact) mass is 350 g/mol. The van der Waals surface area contributed by atoms with Crippen molar-refractivity contribution in [2.24, 2.45) is 0 Å². The lowest BCUT2D eigenvalue weighted by atomic mass is 9.95. The average molecular weight is 350 g/mol. The van der Waals surface area contributed by atoms with Gasteiger partial charge >= 0.3 is 0 Å². The first-order valence-corrected chi connectivity index (χ1v) is 9.80. The first-order valence-electron chi connectivity index (χ1n) is 9.02. The standard InChI is InChI=1S/C21H22N2OS/c1-3-22-11-10-14(13-22)20-17-12-15(24-2)8-9-18(17)23-21(20)16-6-4-5-7-19(16)25-23/h4-9,12,14H,3,10-11,13H2,1-2H3/t14-/m0/s1. The molecule has 0 radical (unpaired) electrons. The molecule has 3 heterocycles. The molecule has 3 nitrogen and oxygen atoms in total. The molecule has 2 aromatic heterocycles. The number of benzene rings is 2. The second kappa shape index (κ2) is 5.75. The largest absolute Gasteiger partial charge is 0.497 e. The summed E-state index contributed by atoms with van der Waals surface area (Å²) in [5.41, 5.74) is 4.23. The average Bonchev–Trinajstić information content (AvgIpc) is 3.33. The Morgan fingerprint density at radius 3 is 2.84 bits per heavy atom. The van der Waals surface area contributed by atoms with E-state index < -0.39 is 0 Å². The molecule has 128 valence electrons. The topological polar surface area (TPSA) is 16.9 Å². The van der Waals surface area contributed by atoms with Crippen molar-refractivity contribution in [3.63, 3.8) is 0 Å². The van der Waals surface area contributed by atoms with Gasteiger partial charge in [0, 0.05) is 23.2 Å². The fraction of sp³-hybridized carbons (Fsp3) is 0.333. The van der Waals surface area contributed by atoms with Gasteiger partial charge in [0.15, 0.2) is 0 Å². The number of hydrogen-bond donors (Lipinski definition) is 0. The van der Waals surface area contributed by atoms with Gasteiger partial charge in [-0.15, -0.1) is 0 Å². The molecule has 5 rings (SSSR count). The Morgan fingerprint density at radius 1 is 1.16 bits per heavy atom. The van der Waals surface area contributed by atoms with E-state index in [1.807, 2.05) is 11.5 Å². The Balaban J connectivity index is 1.86. The lowest BCUT2D eigenvalue weighted by molar-refractivity contribution is 0.354. The molecule has 1 aliphatic heterocycles. The molecule has 0 aliphatic carbocycles. The number of likely N-dealkylation sites (N-methyl/N-ethyl adjacent to an activating group) is 1. The fourth-order valence-corrected chi connectivity index (χ4v) is 5.50. The maximum atomic E-state index is 5.53. The Labute approximate surface area is 151 Å². The van der Waals surface area contributed by atoms with Crippen LogP contribution in [0.4, 0.5) is 0 Å². The maximum absolute atomic E-state index is 5.53. The van der Waals surface area contributed by atoms with E-state index in [0.29, 0.717) is 5.92 Å². The van der Waals surface area contributed by atoms with E-state index in [9.17, 15) is 0 Å². The molecule has 1 atom stereocenters. The zero-order valence-corrected chi connectivity index (χ0v) is 15.5. The maximum Gasteiger partial charge on any atom is 0.119 e. The van der Waals surface area contributed by atoms with Crippen molar-refractivity contribution in [1.82, 2.24) is 8.69 Å². The van der Waals surface area contributed by atoms with E-state index >= 15 is 0 Å². The Morgan fingerprint density at radius 2 is 2.04 bits per heavy atom. The molecule has 25 heavy (non-hydrogen) atoms. The minimum atomic E-state index is 0.595. The van der Waals surface area contributed by atoms with Gasteiger partial charge in [0.25, 0.3) is 0 Å². The predicted octanol–water partition coefficient (Wildman–Crippen LogP) is 5.13. The highest BCUT2D eigenvalue weighted by atomic mass is 32.1. The van der Waals surface area contributed by atoms with Gasteiger partial charge in [0.05, 0.1) is 22.8 Å². The fourth-order valence-electron chi connectivity index (χ4n) is 4.35. The van der Waals surface area contributed by atoms with Crippen LogP contribution in [-0.4, -0.2) is 35.4 Å². The van der Waals surface area contributed by atoms with Crippen molar-refractivity contribution in [1.29, 1.82) is 0 Å². The summed E-state index contributed by atoms with van der Waals surface area (Å²) in [6.45, 7) is 5.76. The lowest BCUT2D eigenvalue weighted by Gasteiger charge is -2.13. The van der Waals surface area contributed by atoms with Crippen molar-refractivity contribution in [2.45, 2.75) is 19.3 Å². The molecule has 1 saturated heterocycles. The highest BCUT2D eigenvalue weighted by Gasteiger charge is 2.29. The molecule has 0 spiro atoms. The molecule has 0 unspecified atom stereocenters. The summed E-state index contributed by atoms with van der Waals surface area (Å²) in [5.74, 6) is 1.54. The van der Waals surface area contributed by atoms with Crippen molar-refractivity contribution in [3.8, 4) is 5.75 Å². The third-order valence-corrected chi connectivity index (χ3v) is 6.75. The van der Waals surface area contributed by atoms with Gasteiger partial charge in [-0.05, 0) is 49.3 Å². The van der Waals surface area contributed by atoms with Crippen molar-refractivity contribution in [3.05, 3.63) is 48.0 Å². The molecule has 0 bridgehead atoms. The number of nitrogens with zero attached hydrogens (tertiary/aromatic N) is 2. The molecular weight excluding hydrogens is 328 g/mol. The normalized spacial score (nSPS) is 18.7. The molecular formula is C21H22N2OS. The summed E-state index contributed by atoms with van der Waals surface area (Å²) in [6.07, 6.45) is 1.24.